The molecule has 0 aliphatic carbocycles. The molecule has 2 aliphatic heterocycles. The van der Waals surface area contributed by atoms with Crippen molar-refractivity contribution in [1.82, 2.24) is 10.2 Å². The first kappa shape index (κ1) is 15.5. The molecule has 1 atom stereocenters. The minimum Gasteiger partial charge on any atom is -0.444 e. The fraction of sp³-hybridized carbons (Fsp3) is 0.450. The van der Waals surface area contributed by atoms with Crippen LogP contribution in [-0.2, 0) is 4.74 Å². The van der Waals surface area contributed by atoms with Crippen molar-refractivity contribution < 1.29 is 9.53 Å². The maximum Gasteiger partial charge on any atom is 0.410 e. The third-order valence-corrected chi connectivity index (χ3v) is 5.07. The molecule has 24 heavy (non-hydrogen) atoms. The van der Waals surface area contributed by atoms with Crippen LogP contribution in [-0.4, -0.2) is 36.2 Å². The number of nitrogens with zero attached hydrogens (tertiary/aromatic N) is 1. The lowest BCUT2D eigenvalue weighted by Gasteiger charge is -2.60. The Morgan fingerprint density at radius 2 is 1.88 bits per heavy atom. The molecule has 2 saturated heterocycles. The SMILES string of the molecule is CC(C)(C)OC(=O)N1CC2(CN[C@@H]2c2cccc3ccccc23)C1. The van der Waals surface area contributed by atoms with Gasteiger partial charge in [-0.1, -0.05) is 42.5 Å². The molecule has 2 fully saturated rings. The third-order valence-electron chi connectivity index (χ3n) is 5.07. The summed E-state index contributed by atoms with van der Waals surface area (Å²) in [4.78, 5) is 14.0. The van der Waals surface area contributed by atoms with Crippen molar-refractivity contribution >= 4 is 16.9 Å². The first-order valence-electron chi connectivity index (χ1n) is 8.57. The second-order valence-electron chi connectivity index (χ2n) is 8.08. The zero-order valence-electron chi connectivity index (χ0n) is 14.5. The molecule has 4 rings (SSSR count). The van der Waals surface area contributed by atoms with E-state index in [1.165, 1.54) is 16.3 Å². The van der Waals surface area contributed by atoms with Crippen LogP contribution in [0.1, 0.15) is 32.4 Å². The number of benzene rings is 2. The van der Waals surface area contributed by atoms with Crippen LogP contribution in [0.15, 0.2) is 42.5 Å². The van der Waals surface area contributed by atoms with Crippen molar-refractivity contribution in [3.05, 3.63) is 48.0 Å². The molecule has 0 saturated carbocycles. The van der Waals surface area contributed by atoms with Crippen LogP contribution in [0.4, 0.5) is 4.79 Å². The lowest BCUT2D eigenvalue weighted by atomic mass is 9.65. The van der Waals surface area contributed by atoms with Crippen LogP contribution in [0, 0.1) is 5.41 Å². The zero-order chi connectivity index (χ0) is 16.9. The van der Waals surface area contributed by atoms with E-state index in [4.69, 9.17) is 4.74 Å². The van der Waals surface area contributed by atoms with Crippen LogP contribution < -0.4 is 5.32 Å². The van der Waals surface area contributed by atoms with E-state index in [1.807, 2.05) is 25.7 Å². The Kier molecular flexibility index (Phi) is 3.36. The predicted molar refractivity (Wildman–Crippen MR) is 94.9 cm³/mol. The van der Waals surface area contributed by atoms with Crippen molar-refractivity contribution in [2.24, 2.45) is 5.41 Å². The topological polar surface area (TPSA) is 41.6 Å². The Bertz CT molecular complexity index is 782. The summed E-state index contributed by atoms with van der Waals surface area (Å²) < 4.78 is 5.48. The Morgan fingerprint density at radius 3 is 2.54 bits per heavy atom. The molecule has 2 heterocycles. The number of hydrogen-bond acceptors (Lipinski definition) is 3. The van der Waals surface area contributed by atoms with Gasteiger partial charge in [-0.25, -0.2) is 4.79 Å². The highest BCUT2D eigenvalue weighted by Gasteiger charge is 2.57. The van der Waals surface area contributed by atoms with E-state index in [0.717, 1.165) is 19.6 Å². The quantitative estimate of drug-likeness (QED) is 0.869. The number of likely N-dealkylation sites (tertiary alicyclic amines) is 1. The molecule has 0 unspecified atom stereocenters. The second-order valence-corrected chi connectivity index (χ2v) is 8.08. The molecule has 4 heteroatoms. The highest BCUT2D eigenvalue weighted by Crippen LogP contribution is 2.49. The van der Waals surface area contributed by atoms with Crippen molar-refractivity contribution in [2.75, 3.05) is 19.6 Å². The molecule has 2 aromatic rings. The predicted octanol–water partition coefficient (Wildman–Crippen LogP) is 3.72. The lowest BCUT2D eigenvalue weighted by Crippen LogP contribution is -2.73. The van der Waals surface area contributed by atoms with Crippen molar-refractivity contribution in [3.63, 3.8) is 0 Å². The van der Waals surface area contributed by atoms with Gasteiger partial charge in [-0.05, 0) is 37.1 Å². The van der Waals surface area contributed by atoms with Crippen LogP contribution in [0.25, 0.3) is 10.8 Å². The number of amides is 1. The van der Waals surface area contributed by atoms with Gasteiger partial charge in [-0.2, -0.15) is 0 Å². The van der Waals surface area contributed by atoms with Crippen molar-refractivity contribution in [3.8, 4) is 0 Å². The number of carbonyl (C=O) groups is 1. The summed E-state index contributed by atoms with van der Waals surface area (Å²) in [6, 6.07) is 15.3. The first-order valence-corrected chi connectivity index (χ1v) is 8.57. The normalized spacial score (nSPS) is 22.1. The molecule has 2 aliphatic rings. The molecule has 1 N–H and O–H groups in total. The number of ether oxygens (including phenoxy) is 1. The summed E-state index contributed by atoms with van der Waals surface area (Å²) in [6.45, 7) is 8.21. The number of nitrogens with one attached hydrogen (secondary N) is 1. The average Bonchev–Trinajstić information content (AvgIpc) is 2.43. The molecular weight excluding hydrogens is 300 g/mol. The van der Waals surface area contributed by atoms with E-state index in [0.29, 0.717) is 6.04 Å². The smallest absolute Gasteiger partial charge is 0.410 e. The van der Waals surface area contributed by atoms with Crippen molar-refractivity contribution in [2.45, 2.75) is 32.4 Å². The number of carbonyl (C=O) groups excluding carboxylic acids is 1. The number of fused-ring (bicyclic) bond motifs is 1. The number of rotatable bonds is 1. The van der Waals surface area contributed by atoms with Gasteiger partial charge in [0.25, 0.3) is 0 Å². The van der Waals surface area contributed by atoms with Crippen molar-refractivity contribution in [1.29, 1.82) is 0 Å². The fourth-order valence-electron chi connectivity index (χ4n) is 3.90. The van der Waals surface area contributed by atoms with E-state index < -0.39 is 5.60 Å². The first-order chi connectivity index (χ1) is 11.4. The largest absolute Gasteiger partial charge is 0.444 e. The maximum absolute atomic E-state index is 12.2. The van der Waals surface area contributed by atoms with E-state index in [9.17, 15) is 4.79 Å². The minimum absolute atomic E-state index is 0.154. The molecular formula is C20H24N2O2. The van der Waals surface area contributed by atoms with Gasteiger partial charge in [0.1, 0.15) is 5.60 Å². The molecule has 1 amide bonds. The van der Waals surface area contributed by atoms with Crippen LogP contribution in [0.5, 0.6) is 0 Å². The monoisotopic (exact) mass is 324 g/mol. The third kappa shape index (κ3) is 2.46. The Morgan fingerprint density at radius 1 is 1.17 bits per heavy atom. The molecule has 0 aromatic heterocycles. The summed E-state index contributed by atoms with van der Waals surface area (Å²) in [7, 11) is 0. The Balaban J connectivity index is 1.52. The minimum atomic E-state index is -0.438. The van der Waals surface area contributed by atoms with Crippen LogP contribution in [0.2, 0.25) is 0 Å². The summed E-state index contributed by atoms with van der Waals surface area (Å²) in [5, 5.41) is 6.14. The highest BCUT2D eigenvalue weighted by molar-refractivity contribution is 5.86. The van der Waals surface area contributed by atoms with Crippen LogP contribution >= 0.6 is 0 Å². The Hall–Kier alpha value is -2.07. The summed E-state index contributed by atoms with van der Waals surface area (Å²) >= 11 is 0. The highest BCUT2D eigenvalue weighted by atomic mass is 16.6. The summed E-state index contributed by atoms with van der Waals surface area (Å²) in [5.41, 5.74) is 1.05. The van der Waals surface area contributed by atoms with E-state index in [1.54, 1.807) is 0 Å². The van der Waals surface area contributed by atoms with Gasteiger partial charge in [0.05, 0.1) is 0 Å². The van der Waals surface area contributed by atoms with Gasteiger partial charge in [0.15, 0.2) is 0 Å². The lowest BCUT2D eigenvalue weighted by molar-refractivity contribution is -0.0851. The van der Waals surface area contributed by atoms with Gasteiger partial charge >= 0.3 is 6.09 Å². The maximum atomic E-state index is 12.2. The summed E-state index contributed by atoms with van der Waals surface area (Å²) in [5.74, 6) is 0. The molecule has 126 valence electrons. The molecule has 2 aromatic carbocycles. The molecule has 0 radical (unpaired) electrons. The standard InChI is InChI=1S/C20H24N2O2/c1-19(2,3)24-18(23)22-12-20(13-22)11-21-17(20)16-10-6-8-14-7-4-5-9-15(14)16/h4-10,17,21H,11-13H2,1-3H3/t17-/m1/s1. The van der Waals surface area contributed by atoms with Gasteiger partial charge in [-0.15, -0.1) is 0 Å². The van der Waals surface area contributed by atoms with Gasteiger partial charge < -0.3 is 15.0 Å². The zero-order valence-corrected chi connectivity index (χ0v) is 14.5. The fourth-order valence-corrected chi connectivity index (χ4v) is 3.90. The molecule has 1 spiro atoms. The average molecular weight is 324 g/mol. The van der Waals surface area contributed by atoms with Gasteiger partial charge in [-0.3, -0.25) is 0 Å². The van der Waals surface area contributed by atoms with E-state index >= 15 is 0 Å². The Labute approximate surface area is 142 Å². The molecule has 4 nitrogen and oxygen atoms in total. The van der Waals surface area contributed by atoms with Gasteiger partial charge in [0.2, 0.25) is 0 Å². The van der Waals surface area contributed by atoms with E-state index in [-0.39, 0.29) is 11.5 Å². The van der Waals surface area contributed by atoms with E-state index in [2.05, 4.69) is 47.8 Å². The molecule has 0 bridgehead atoms. The van der Waals surface area contributed by atoms with Crippen LogP contribution in [0.3, 0.4) is 0 Å². The summed E-state index contributed by atoms with van der Waals surface area (Å²) in [6.07, 6.45) is -0.198. The van der Waals surface area contributed by atoms with Gasteiger partial charge in [0, 0.05) is 31.1 Å². The number of hydrogen-bond donors (Lipinski definition) is 1. The second kappa shape index (κ2) is 5.21.